The number of alkyl halides is 3. The van der Waals surface area contributed by atoms with Crippen molar-refractivity contribution in [1.29, 1.82) is 0 Å². The Morgan fingerprint density at radius 2 is 2.19 bits per heavy atom. The highest BCUT2D eigenvalue weighted by molar-refractivity contribution is 5.26. The Hall–Kier alpha value is -1.53. The number of nitrogens with one attached hydrogen (secondary N) is 1. The Morgan fingerprint density at radius 1 is 1.44 bits per heavy atom. The maximum absolute atomic E-state index is 11.8. The summed E-state index contributed by atoms with van der Waals surface area (Å²) in [7, 11) is 0. The van der Waals surface area contributed by atoms with Crippen LogP contribution in [0.1, 0.15) is 13.3 Å². The van der Waals surface area contributed by atoms with E-state index in [-0.39, 0.29) is 5.88 Å². The zero-order valence-electron chi connectivity index (χ0n) is 8.71. The Bertz CT molecular complexity index is 330. The summed E-state index contributed by atoms with van der Waals surface area (Å²) >= 11 is 0. The average Bonchev–Trinajstić information content (AvgIpc) is 2.17. The summed E-state index contributed by atoms with van der Waals surface area (Å²) in [5.74, 6) is 0.474. The zero-order chi connectivity index (χ0) is 12.0. The lowest BCUT2D eigenvalue weighted by Crippen LogP contribution is -2.13. The van der Waals surface area contributed by atoms with Gasteiger partial charge in [0.15, 0.2) is 0 Å². The number of nitrogens with zero attached hydrogens (tertiary/aromatic N) is 2. The topological polar surface area (TPSA) is 47.0 Å². The number of anilines is 1. The average molecular weight is 235 g/mol. The van der Waals surface area contributed by atoms with Gasteiger partial charge in [0, 0.05) is 18.8 Å². The van der Waals surface area contributed by atoms with Gasteiger partial charge in [-0.2, -0.15) is 18.2 Å². The predicted octanol–water partition coefficient (Wildman–Crippen LogP) is 2.24. The second-order valence-corrected chi connectivity index (χ2v) is 2.96. The van der Waals surface area contributed by atoms with Crippen molar-refractivity contribution in [2.24, 2.45) is 0 Å². The lowest BCUT2D eigenvalue weighted by atomic mass is 10.4. The van der Waals surface area contributed by atoms with E-state index in [1.54, 1.807) is 0 Å². The lowest BCUT2D eigenvalue weighted by Gasteiger charge is -2.08. The highest BCUT2D eigenvalue weighted by Gasteiger charge is 2.26. The summed E-state index contributed by atoms with van der Waals surface area (Å²) in [6.07, 6.45) is -3.78. The van der Waals surface area contributed by atoms with E-state index < -0.39 is 19.2 Å². The van der Waals surface area contributed by atoms with Crippen LogP contribution < -0.4 is 10.1 Å². The van der Waals surface area contributed by atoms with Crippen molar-refractivity contribution in [2.45, 2.75) is 19.5 Å². The molecule has 0 atom stereocenters. The Morgan fingerprint density at radius 3 is 2.81 bits per heavy atom. The van der Waals surface area contributed by atoms with E-state index >= 15 is 0 Å². The van der Waals surface area contributed by atoms with Gasteiger partial charge < -0.3 is 10.1 Å². The molecule has 1 aromatic heterocycles. The lowest BCUT2D eigenvalue weighted by molar-refractivity contribution is -0.139. The molecule has 1 rings (SSSR count). The molecule has 1 heterocycles. The molecule has 0 aliphatic heterocycles. The monoisotopic (exact) mass is 235 g/mol. The Labute approximate surface area is 90.9 Å². The highest BCUT2D eigenvalue weighted by atomic mass is 19.4. The summed E-state index contributed by atoms with van der Waals surface area (Å²) < 4.78 is 40.4. The van der Waals surface area contributed by atoms with E-state index in [0.29, 0.717) is 12.5 Å². The van der Waals surface area contributed by atoms with Crippen molar-refractivity contribution in [2.75, 3.05) is 18.5 Å². The molecule has 0 saturated carbocycles. The first-order chi connectivity index (χ1) is 7.51. The fourth-order valence-corrected chi connectivity index (χ4v) is 0.937. The quantitative estimate of drug-likeness (QED) is 0.850. The van der Waals surface area contributed by atoms with Crippen molar-refractivity contribution in [3.05, 3.63) is 12.3 Å². The molecule has 0 radical (unpaired) electrons. The van der Waals surface area contributed by atoms with E-state index in [1.807, 2.05) is 6.92 Å². The van der Waals surface area contributed by atoms with Crippen LogP contribution >= 0.6 is 0 Å². The van der Waals surface area contributed by atoms with Gasteiger partial charge in [0.25, 0.3) is 0 Å². The number of aromatic nitrogens is 2. The minimum atomic E-state index is -4.21. The van der Waals surface area contributed by atoms with Crippen LogP contribution in [0.3, 0.4) is 0 Å². The Balaban J connectivity index is 2.44. The number of ether oxygens (including phenoxy) is 1. The standard InChI is InChI=1S/C9H12F3N3O/c1-2-13-8-14-5-3-7(15-8)16-6-4-9(10,11)12/h3,5H,2,4,6H2,1H3,(H,13,14,15). The molecule has 4 nitrogen and oxygen atoms in total. The minimum absolute atomic E-state index is 0.134. The number of hydrogen-bond donors (Lipinski definition) is 1. The third-order valence-electron chi connectivity index (χ3n) is 1.60. The van der Waals surface area contributed by atoms with Crippen molar-refractivity contribution in [3.8, 4) is 5.88 Å². The maximum Gasteiger partial charge on any atom is 0.392 e. The molecule has 7 heteroatoms. The third-order valence-corrected chi connectivity index (χ3v) is 1.60. The van der Waals surface area contributed by atoms with Crippen LogP contribution in [0.5, 0.6) is 5.88 Å². The van der Waals surface area contributed by atoms with Crippen molar-refractivity contribution in [3.63, 3.8) is 0 Å². The molecule has 0 aliphatic carbocycles. The summed E-state index contributed by atoms with van der Waals surface area (Å²) in [4.78, 5) is 7.73. The van der Waals surface area contributed by atoms with E-state index in [4.69, 9.17) is 4.74 Å². The molecule has 90 valence electrons. The second-order valence-electron chi connectivity index (χ2n) is 2.96. The van der Waals surface area contributed by atoms with E-state index in [9.17, 15) is 13.2 Å². The van der Waals surface area contributed by atoms with Gasteiger partial charge in [0.05, 0.1) is 13.0 Å². The van der Waals surface area contributed by atoms with Crippen LogP contribution in [0, 0.1) is 0 Å². The van der Waals surface area contributed by atoms with Crippen LogP contribution in [-0.4, -0.2) is 29.3 Å². The van der Waals surface area contributed by atoms with Crippen LogP contribution in [0.25, 0.3) is 0 Å². The highest BCUT2D eigenvalue weighted by Crippen LogP contribution is 2.19. The van der Waals surface area contributed by atoms with Gasteiger partial charge >= 0.3 is 6.18 Å². The molecular formula is C9H12F3N3O. The molecule has 0 spiro atoms. The smallest absolute Gasteiger partial charge is 0.392 e. The molecule has 0 aliphatic rings. The summed E-state index contributed by atoms with van der Waals surface area (Å²) in [6.45, 7) is 2.05. The van der Waals surface area contributed by atoms with Crippen LogP contribution in [0.2, 0.25) is 0 Å². The normalized spacial score (nSPS) is 11.2. The molecule has 0 amide bonds. The van der Waals surface area contributed by atoms with Crippen LogP contribution in [-0.2, 0) is 0 Å². The molecule has 0 saturated heterocycles. The minimum Gasteiger partial charge on any atom is -0.477 e. The van der Waals surface area contributed by atoms with Gasteiger partial charge in [-0.25, -0.2) is 4.98 Å². The van der Waals surface area contributed by atoms with Gasteiger partial charge in [0.1, 0.15) is 0 Å². The fourth-order valence-electron chi connectivity index (χ4n) is 0.937. The molecule has 0 aromatic carbocycles. The zero-order valence-corrected chi connectivity index (χ0v) is 8.71. The third kappa shape index (κ3) is 4.81. The van der Waals surface area contributed by atoms with E-state index in [2.05, 4.69) is 15.3 Å². The first-order valence-corrected chi connectivity index (χ1v) is 4.77. The Kier molecular flexibility index (Phi) is 4.33. The van der Waals surface area contributed by atoms with E-state index in [0.717, 1.165) is 0 Å². The summed E-state index contributed by atoms with van der Waals surface area (Å²) in [5.41, 5.74) is 0. The molecule has 0 fully saturated rings. The van der Waals surface area contributed by atoms with Gasteiger partial charge in [-0.3, -0.25) is 0 Å². The number of rotatable bonds is 5. The number of hydrogen-bond acceptors (Lipinski definition) is 4. The van der Waals surface area contributed by atoms with Crippen molar-refractivity contribution < 1.29 is 17.9 Å². The molecule has 1 aromatic rings. The molecular weight excluding hydrogens is 223 g/mol. The molecule has 16 heavy (non-hydrogen) atoms. The summed E-state index contributed by atoms with van der Waals surface area (Å²) in [6, 6.07) is 1.41. The SMILES string of the molecule is CCNc1nccc(OCCC(F)(F)F)n1. The van der Waals surface area contributed by atoms with Gasteiger partial charge in [0.2, 0.25) is 11.8 Å². The molecule has 0 bridgehead atoms. The maximum atomic E-state index is 11.8. The van der Waals surface area contributed by atoms with Crippen molar-refractivity contribution >= 4 is 5.95 Å². The predicted molar refractivity (Wildman–Crippen MR) is 52.4 cm³/mol. The first-order valence-electron chi connectivity index (χ1n) is 4.77. The van der Waals surface area contributed by atoms with E-state index in [1.165, 1.54) is 12.3 Å². The van der Waals surface area contributed by atoms with Crippen LogP contribution in [0.4, 0.5) is 19.1 Å². The molecule has 0 unspecified atom stereocenters. The largest absolute Gasteiger partial charge is 0.477 e. The van der Waals surface area contributed by atoms with Gasteiger partial charge in [-0.05, 0) is 6.92 Å². The van der Waals surface area contributed by atoms with Gasteiger partial charge in [-0.15, -0.1) is 0 Å². The fraction of sp³-hybridized carbons (Fsp3) is 0.556. The second kappa shape index (κ2) is 5.53. The summed E-state index contributed by atoms with van der Waals surface area (Å²) in [5, 5.41) is 2.83. The van der Waals surface area contributed by atoms with Crippen LogP contribution in [0.15, 0.2) is 12.3 Å². The first kappa shape index (κ1) is 12.5. The van der Waals surface area contributed by atoms with Gasteiger partial charge in [-0.1, -0.05) is 0 Å². The van der Waals surface area contributed by atoms with Crippen molar-refractivity contribution in [1.82, 2.24) is 9.97 Å². The molecule has 1 N–H and O–H groups in total. The number of halogens is 3.